The van der Waals surface area contributed by atoms with Crippen molar-refractivity contribution in [3.8, 4) is 22.8 Å². The maximum Gasteiger partial charge on any atom is 0.230 e. The minimum atomic E-state index is -0.276. The first kappa shape index (κ1) is 20.9. The summed E-state index contributed by atoms with van der Waals surface area (Å²) in [5.74, 6) is 1.66. The molecule has 2 aromatic heterocycles. The van der Waals surface area contributed by atoms with Crippen LogP contribution >= 0.6 is 11.8 Å². The van der Waals surface area contributed by atoms with E-state index >= 15 is 0 Å². The minimum Gasteiger partial charge on any atom is -0.494 e. The fourth-order valence-electron chi connectivity index (χ4n) is 2.72. The molecule has 0 aliphatic heterocycles. The molecule has 29 heavy (non-hydrogen) atoms. The molecule has 2 heterocycles. The van der Waals surface area contributed by atoms with Gasteiger partial charge < -0.3 is 10.1 Å². The van der Waals surface area contributed by atoms with Gasteiger partial charge in [-0.1, -0.05) is 11.8 Å². The van der Waals surface area contributed by atoms with Gasteiger partial charge in [-0.2, -0.15) is 0 Å². The molecule has 0 saturated heterocycles. The summed E-state index contributed by atoms with van der Waals surface area (Å²) in [4.78, 5) is 16.4. The Morgan fingerprint density at radius 3 is 2.55 bits per heavy atom. The minimum absolute atomic E-state index is 0.0494. The first-order chi connectivity index (χ1) is 13.9. The van der Waals surface area contributed by atoms with Gasteiger partial charge in [0, 0.05) is 29.2 Å². The largest absolute Gasteiger partial charge is 0.494 e. The zero-order valence-corrected chi connectivity index (χ0v) is 17.9. The highest BCUT2D eigenvalue weighted by molar-refractivity contribution is 7.99. The van der Waals surface area contributed by atoms with E-state index in [1.807, 2.05) is 68.7 Å². The van der Waals surface area contributed by atoms with Gasteiger partial charge in [0.1, 0.15) is 5.75 Å². The molecular formula is C21H25N5O2S. The SMILES string of the molecule is CCOc1ccc(-n2c(SCC(=O)NC(C)(C)C)nnc2-c2cccnc2)cc1. The molecular weight excluding hydrogens is 386 g/mol. The van der Waals surface area contributed by atoms with Crippen molar-refractivity contribution in [2.75, 3.05) is 12.4 Å². The zero-order chi connectivity index (χ0) is 20.9. The summed E-state index contributed by atoms with van der Waals surface area (Å²) < 4.78 is 7.47. The zero-order valence-electron chi connectivity index (χ0n) is 17.0. The predicted molar refractivity (Wildman–Crippen MR) is 114 cm³/mol. The van der Waals surface area contributed by atoms with Crippen LogP contribution in [0, 0.1) is 0 Å². The Balaban J connectivity index is 1.92. The molecule has 0 aliphatic carbocycles. The van der Waals surface area contributed by atoms with E-state index in [4.69, 9.17) is 4.74 Å². The van der Waals surface area contributed by atoms with Crippen molar-refractivity contribution in [1.29, 1.82) is 0 Å². The highest BCUT2D eigenvalue weighted by atomic mass is 32.2. The number of amides is 1. The van der Waals surface area contributed by atoms with Gasteiger partial charge in [0.05, 0.1) is 12.4 Å². The van der Waals surface area contributed by atoms with Crippen LogP contribution in [0.1, 0.15) is 27.7 Å². The molecule has 0 fully saturated rings. The number of carbonyl (C=O) groups excluding carboxylic acids is 1. The number of nitrogens with zero attached hydrogens (tertiary/aromatic N) is 4. The number of benzene rings is 1. The Labute approximate surface area is 174 Å². The van der Waals surface area contributed by atoms with Crippen molar-refractivity contribution in [2.24, 2.45) is 0 Å². The van der Waals surface area contributed by atoms with Crippen LogP contribution < -0.4 is 10.1 Å². The molecule has 1 amide bonds. The monoisotopic (exact) mass is 411 g/mol. The lowest BCUT2D eigenvalue weighted by atomic mass is 10.1. The second kappa shape index (κ2) is 9.09. The van der Waals surface area contributed by atoms with Gasteiger partial charge in [-0.15, -0.1) is 10.2 Å². The smallest absolute Gasteiger partial charge is 0.230 e. The van der Waals surface area contributed by atoms with E-state index in [1.54, 1.807) is 12.4 Å². The summed E-state index contributed by atoms with van der Waals surface area (Å²) in [6, 6.07) is 11.5. The van der Waals surface area contributed by atoms with Gasteiger partial charge in [0.15, 0.2) is 11.0 Å². The predicted octanol–water partition coefficient (Wildman–Crippen LogP) is 3.73. The Morgan fingerprint density at radius 2 is 1.93 bits per heavy atom. The van der Waals surface area contributed by atoms with Crippen LogP contribution in [-0.4, -0.2) is 43.6 Å². The number of nitrogens with one attached hydrogen (secondary N) is 1. The van der Waals surface area contributed by atoms with E-state index in [-0.39, 0.29) is 17.2 Å². The quantitative estimate of drug-likeness (QED) is 0.597. The first-order valence-corrected chi connectivity index (χ1v) is 10.4. The van der Waals surface area contributed by atoms with E-state index in [1.165, 1.54) is 11.8 Å². The Hall–Kier alpha value is -2.87. The number of ether oxygens (including phenoxy) is 1. The van der Waals surface area contributed by atoms with Crippen molar-refractivity contribution in [2.45, 2.75) is 38.4 Å². The van der Waals surface area contributed by atoms with Gasteiger partial charge in [-0.25, -0.2) is 0 Å². The third kappa shape index (κ3) is 5.57. The number of rotatable bonds is 7. The van der Waals surface area contributed by atoms with Crippen LogP contribution in [0.15, 0.2) is 53.9 Å². The molecule has 0 radical (unpaired) electrons. The van der Waals surface area contributed by atoms with Crippen LogP contribution in [0.3, 0.4) is 0 Å². The van der Waals surface area contributed by atoms with Crippen LogP contribution in [-0.2, 0) is 4.79 Å². The van der Waals surface area contributed by atoms with Crippen molar-refractivity contribution < 1.29 is 9.53 Å². The maximum atomic E-state index is 12.3. The second-order valence-corrected chi connectivity index (χ2v) is 8.34. The number of aromatic nitrogens is 4. The summed E-state index contributed by atoms with van der Waals surface area (Å²) in [7, 11) is 0. The van der Waals surface area contributed by atoms with Crippen molar-refractivity contribution in [1.82, 2.24) is 25.1 Å². The molecule has 0 bridgehead atoms. The molecule has 0 atom stereocenters. The number of carbonyl (C=O) groups is 1. The molecule has 1 N–H and O–H groups in total. The highest BCUT2D eigenvalue weighted by Gasteiger charge is 2.19. The summed E-state index contributed by atoms with van der Waals surface area (Å²) in [6.07, 6.45) is 3.46. The molecule has 1 aromatic carbocycles. The lowest BCUT2D eigenvalue weighted by molar-refractivity contribution is -0.119. The third-order valence-electron chi connectivity index (χ3n) is 3.81. The van der Waals surface area contributed by atoms with Crippen molar-refractivity contribution in [3.63, 3.8) is 0 Å². The molecule has 8 heteroatoms. The summed E-state index contributed by atoms with van der Waals surface area (Å²) in [5.41, 5.74) is 1.46. The lowest BCUT2D eigenvalue weighted by Crippen LogP contribution is -2.41. The molecule has 7 nitrogen and oxygen atoms in total. The first-order valence-electron chi connectivity index (χ1n) is 9.40. The molecule has 0 aliphatic rings. The summed E-state index contributed by atoms with van der Waals surface area (Å²) in [6.45, 7) is 8.43. The van der Waals surface area contributed by atoms with Gasteiger partial charge in [0.25, 0.3) is 0 Å². The van der Waals surface area contributed by atoms with Crippen LogP contribution in [0.4, 0.5) is 0 Å². The summed E-state index contributed by atoms with van der Waals surface area (Å²) in [5, 5.41) is 12.3. The number of hydrogen-bond acceptors (Lipinski definition) is 6. The van der Waals surface area contributed by atoms with E-state index < -0.39 is 0 Å². The Kier molecular flexibility index (Phi) is 6.53. The second-order valence-electron chi connectivity index (χ2n) is 7.40. The molecule has 0 unspecified atom stereocenters. The third-order valence-corrected chi connectivity index (χ3v) is 4.73. The van der Waals surface area contributed by atoms with Crippen LogP contribution in [0.5, 0.6) is 5.75 Å². The number of thioether (sulfide) groups is 1. The van der Waals surface area contributed by atoms with Gasteiger partial charge in [-0.3, -0.25) is 14.3 Å². The topological polar surface area (TPSA) is 81.9 Å². The normalized spacial score (nSPS) is 11.3. The average Bonchev–Trinajstić information content (AvgIpc) is 3.10. The maximum absolute atomic E-state index is 12.3. The van der Waals surface area contributed by atoms with Crippen LogP contribution in [0.2, 0.25) is 0 Å². The van der Waals surface area contributed by atoms with E-state index in [0.29, 0.717) is 17.6 Å². The molecule has 152 valence electrons. The number of pyridine rings is 1. The Bertz CT molecular complexity index is 949. The van der Waals surface area contributed by atoms with Crippen LogP contribution in [0.25, 0.3) is 17.1 Å². The van der Waals surface area contributed by atoms with E-state index in [9.17, 15) is 4.79 Å². The highest BCUT2D eigenvalue weighted by Crippen LogP contribution is 2.28. The fourth-order valence-corrected chi connectivity index (χ4v) is 3.47. The van der Waals surface area contributed by atoms with E-state index in [2.05, 4.69) is 20.5 Å². The fraction of sp³-hybridized carbons (Fsp3) is 0.333. The average molecular weight is 412 g/mol. The van der Waals surface area contributed by atoms with Gasteiger partial charge in [-0.05, 0) is 64.1 Å². The lowest BCUT2D eigenvalue weighted by Gasteiger charge is -2.20. The van der Waals surface area contributed by atoms with Gasteiger partial charge >= 0.3 is 0 Å². The molecule has 0 spiro atoms. The Morgan fingerprint density at radius 1 is 1.17 bits per heavy atom. The van der Waals surface area contributed by atoms with Gasteiger partial charge in [0.2, 0.25) is 5.91 Å². The van der Waals surface area contributed by atoms with Crippen molar-refractivity contribution >= 4 is 17.7 Å². The molecule has 0 saturated carbocycles. The molecule has 3 rings (SSSR count). The number of hydrogen-bond donors (Lipinski definition) is 1. The van der Waals surface area contributed by atoms with Crippen molar-refractivity contribution in [3.05, 3.63) is 48.8 Å². The summed E-state index contributed by atoms with van der Waals surface area (Å²) >= 11 is 1.35. The standard InChI is InChI=1S/C21H25N5O2S/c1-5-28-17-10-8-16(9-11-17)26-19(15-7-6-12-22-13-15)24-25-20(26)29-14-18(27)23-21(2,3)4/h6-13H,5,14H2,1-4H3,(H,23,27). The van der Waals surface area contributed by atoms with E-state index in [0.717, 1.165) is 17.0 Å². The molecule has 3 aromatic rings.